The van der Waals surface area contributed by atoms with E-state index in [2.05, 4.69) is 45.9 Å². The third kappa shape index (κ3) is 2.21. The van der Waals surface area contributed by atoms with E-state index in [1.54, 1.807) is 0 Å². The molecule has 0 saturated heterocycles. The summed E-state index contributed by atoms with van der Waals surface area (Å²) in [4.78, 5) is 0. The van der Waals surface area contributed by atoms with Crippen molar-refractivity contribution in [2.24, 2.45) is 11.3 Å². The second kappa shape index (κ2) is 2.84. The molecule has 1 aliphatic carbocycles. The molecule has 0 radical (unpaired) electrons. The van der Waals surface area contributed by atoms with Crippen molar-refractivity contribution in [1.29, 1.82) is 0 Å². The van der Waals surface area contributed by atoms with Gasteiger partial charge in [-0.2, -0.15) is 0 Å². The van der Waals surface area contributed by atoms with Crippen LogP contribution in [0.15, 0.2) is 23.8 Å². The minimum atomic E-state index is 0.423. The van der Waals surface area contributed by atoms with Gasteiger partial charge in [0.1, 0.15) is 0 Å². The van der Waals surface area contributed by atoms with Crippen molar-refractivity contribution in [3.63, 3.8) is 0 Å². The molecule has 1 unspecified atom stereocenters. The molecular weight excluding hydrogens is 132 g/mol. The van der Waals surface area contributed by atoms with E-state index in [1.165, 1.54) is 12.0 Å². The highest BCUT2D eigenvalue weighted by Gasteiger charge is 2.22. The predicted molar refractivity (Wildman–Crippen MR) is 50.5 cm³/mol. The average molecular weight is 150 g/mol. The van der Waals surface area contributed by atoms with E-state index < -0.39 is 0 Å². The SMILES string of the molecule is CC1=CC=CC(C(C)(C)C)C1. The van der Waals surface area contributed by atoms with E-state index in [4.69, 9.17) is 0 Å². The Balaban J connectivity index is 2.67. The largest absolute Gasteiger partial charge is 0.0806 e. The highest BCUT2D eigenvalue weighted by atomic mass is 14.3. The Kier molecular flexibility index (Phi) is 2.22. The standard InChI is InChI=1S/C11H18/c1-9-6-5-7-10(8-9)11(2,3)4/h5-7,10H,8H2,1-4H3. The van der Waals surface area contributed by atoms with Crippen molar-refractivity contribution in [2.75, 3.05) is 0 Å². The van der Waals surface area contributed by atoms with Gasteiger partial charge in [-0.05, 0) is 24.7 Å². The van der Waals surface area contributed by atoms with E-state index in [0.29, 0.717) is 5.41 Å². The first kappa shape index (κ1) is 8.58. The van der Waals surface area contributed by atoms with Crippen LogP contribution in [0.2, 0.25) is 0 Å². The quantitative estimate of drug-likeness (QED) is 0.495. The minimum absolute atomic E-state index is 0.423. The zero-order valence-electron chi connectivity index (χ0n) is 8.02. The van der Waals surface area contributed by atoms with Crippen LogP contribution in [-0.2, 0) is 0 Å². The van der Waals surface area contributed by atoms with Crippen LogP contribution in [0.1, 0.15) is 34.1 Å². The Morgan fingerprint density at radius 3 is 2.36 bits per heavy atom. The second-order valence-electron chi connectivity index (χ2n) is 4.57. The van der Waals surface area contributed by atoms with E-state index in [0.717, 1.165) is 5.92 Å². The molecule has 1 aliphatic rings. The summed E-state index contributed by atoms with van der Waals surface area (Å²) in [5, 5.41) is 0. The summed E-state index contributed by atoms with van der Waals surface area (Å²) in [5.41, 5.74) is 1.93. The summed E-state index contributed by atoms with van der Waals surface area (Å²) >= 11 is 0. The van der Waals surface area contributed by atoms with Crippen molar-refractivity contribution < 1.29 is 0 Å². The molecule has 0 aromatic heterocycles. The average Bonchev–Trinajstić information content (AvgIpc) is 1.86. The number of hydrogen-bond donors (Lipinski definition) is 0. The number of rotatable bonds is 0. The van der Waals surface area contributed by atoms with Gasteiger partial charge in [0.2, 0.25) is 0 Å². The second-order valence-corrected chi connectivity index (χ2v) is 4.57. The van der Waals surface area contributed by atoms with Crippen molar-refractivity contribution >= 4 is 0 Å². The maximum atomic E-state index is 2.33. The van der Waals surface area contributed by atoms with Gasteiger partial charge in [-0.15, -0.1) is 0 Å². The molecule has 0 heteroatoms. The third-order valence-corrected chi connectivity index (χ3v) is 2.38. The zero-order chi connectivity index (χ0) is 8.48. The van der Waals surface area contributed by atoms with Gasteiger partial charge in [-0.3, -0.25) is 0 Å². The Labute approximate surface area is 70.0 Å². The zero-order valence-corrected chi connectivity index (χ0v) is 8.02. The third-order valence-electron chi connectivity index (χ3n) is 2.38. The maximum absolute atomic E-state index is 2.33. The number of hydrogen-bond acceptors (Lipinski definition) is 0. The fraction of sp³-hybridized carbons (Fsp3) is 0.636. The lowest BCUT2D eigenvalue weighted by molar-refractivity contribution is 0.289. The van der Waals surface area contributed by atoms with Crippen LogP contribution in [0, 0.1) is 11.3 Å². The maximum Gasteiger partial charge on any atom is -0.0144 e. The molecule has 0 bridgehead atoms. The molecule has 0 spiro atoms. The highest BCUT2D eigenvalue weighted by molar-refractivity contribution is 5.19. The Morgan fingerprint density at radius 2 is 2.00 bits per heavy atom. The molecule has 0 amide bonds. The van der Waals surface area contributed by atoms with Crippen LogP contribution in [0.3, 0.4) is 0 Å². The van der Waals surface area contributed by atoms with Crippen LogP contribution in [-0.4, -0.2) is 0 Å². The molecule has 0 N–H and O–H groups in total. The summed E-state index contributed by atoms with van der Waals surface area (Å²) in [6, 6.07) is 0. The first-order valence-electron chi connectivity index (χ1n) is 4.34. The lowest BCUT2D eigenvalue weighted by Crippen LogP contribution is -2.19. The molecule has 11 heavy (non-hydrogen) atoms. The van der Waals surface area contributed by atoms with Crippen LogP contribution in [0.4, 0.5) is 0 Å². The van der Waals surface area contributed by atoms with Gasteiger partial charge >= 0.3 is 0 Å². The molecular formula is C11H18. The van der Waals surface area contributed by atoms with Crippen LogP contribution < -0.4 is 0 Å². The smallest absolute Gasteiger partial charge is 0.0144 e. The molecule has 0 nitrogen and oxygen atoms in total. The first-order valence-corrected chi connectivity index (χ1v) is 4.34. The highest BCUT2D eigenvalue weighted by Crippen LogP contribution is 2.33. The monoisotopic (exact) mass is 150 g/mol. The van der Waals surface area contributed by atoms with Crippen LogP contribution in [0.25, 0.3) is 0 Å². The normalized spacial score (nSPS) is 25.1. The van der Waals surface area contributed by atoms with Crippen molar-refractivity contribution in [3.05, 3.63) is 23.8 Å². The van der Waals surface area contributed by atoms with Gasteiger partial charge in [-0.25, -0.2) is 0 Å². The van der Waals surface area contributed by atoms with Crippen molar-refractivity contribution in [3.8, 4) is 0 Å². The summed E-state index contributed by atoms with van der Waals surface area (Å²) in [7, 11) is 0. The molecule has 1 rings (SSSR count). The van der Waals surface area contributed by atoms with Gasteiger partial charge in [0.25, 0.3) is 0 Å². The van der Waals surface area contributed by atoms with Crippen molar-refractivity contribution in [2.45, 2.75) is 34.1 Å². The molecule has 0 aromatic rings. The molecule has 0 fully saturated rings. The lowest BCUT2D eigenvalue weighted by Gasteiger charge is -2.30. The van der Waals surface area contributed by atoms with E-state index in [9.17, 15) is 0 Å². The molecule has 0 aliphatic heterocycles. The predicted octanol–water partition coefficient (Wildman–Crippen LogP) is 3.55. The number of allylic oxidation sites excluding steroid dienone is 4. The van der Waals surface area contributed by atoms with Crippen LogP contribution in [0.5, 0.6) is 0 Å². The molecule has 0 aromatic carbocycles. The molecule has 62 valence electrons. The lowest BCUT2D eigenvalue weighted by atomic mass is 9.75. The summed E-state index contributed by atoms with van der Waals surface area (Å²) < 4.78 is 0. The van der Waals surface area contributed by atoms with Gasteiger partial charge < -0.3 is 0 Å². The van der Waals surface area contributed by atoms with Gasteiger partial charge in [0.05, 0.1) is 0 Å². The Hall–Kier alpha value is -0.520. The van der Waals surface area contributed by atoms with Gasteiger partial charge in [0.15, 0.2) is 0 Å². The summed E-state index contributed by atoms with van der Waals surface area (Å²) in [5.74, 6) is 0.729. The van der Waals surface area contributed by atoms with E-state index in [1.807, 2.05) is 0 Å². The van der Waals surface area contributed by atoms with Crippen LogP contribution >= 0.6 is 0 Å². The summed E-state index contributed by atoms with van der Waals surface area (Å²) in [6.45, 7) is 9.13. The van der Waals surface area contributed by atoms with Crippen molar-refractivity contribution in [1.82, 2.24) is 0 Å². The molecule has 1 atom stereocenters. The van der Waals surface area contributed by atoms with E-state index >= 15 is 0 Å². The first-order chi connectivity index (χ1) is 5.00. The molecule has 0 heterocycles. The van der Waals surface area contributed by atoms with E-state index in [-0.39, 0.29) is 0 Å². The van der Waals surface area contributed by atoms with Gasteiger partial charge in [0, 0.05) is 0 Å². The Morgan fingerprint density at radius 1 is 1.36 bits per heavy atom. The minimum Gasteiger partial charge on any atom is -0.0806 e. The summed E-state index contributed by atoms with van der Waals surface area (Å²) in [6.07, 6.45) is 7.96. The topological polar surface area (TPSA) is 0 Å². The van der Waals surface area contributed by atoms with Gasteiger partial charge in [-0.1, -0.05) is 44.6 Å². The fourth-order valence-electron chi connectivity index (χ4n) is 1.43. The fourth-order valence-corrected chi connectivity index (χ4v) is 1.43. The molecule has 0 saturated carbocycles. The Bertz CT molecular complexity index is 189.